The lowest BCUT2D eigenvalue weighted by atomic mass is 10.1. The zero-order valence-electron chi connectivity index (χ0n) is 6.39. The molecule has 0 spiro atoms. The molecule has 0 saturated carbocycles. The van der Waals surface area contributed by atoms with Gasteiger partial charge in [-0.15, -0.1) is 0 Å². The minimum absolute atomic E-state index is 1.15. The molecule has 0 heteroatoms. The molecule has 0 aliphatic heterocycles. The molecule has 0 heterocycles. The van der Waals surface area contributed by atoms with Crippen molar-refractivity contribution in [2.24, 2.45) is 0 Å². The molecule has 0 atom stereocenters. The summed E-state index contributed by atoms with van der Waals surface area (Å²) in [6, 6.07) is 8.31. The lowest BCUT2D eigenvalue weighted by molar-refractivity contribution is 1.43. The van der Waals surface area contributed by atoms with Crippen molar-refractivity contribution in [3.8, 4) is 0 Å². The Kier molecular flexibility index (Phi) is 2.27. The van der Waals surface area contributed by atoms with E-state index in [2.05, 4.69) is 37.3 Å². The standard InChI is InChI=1S/C10H11/c1-3-4-10-7-5-9(2)6-8-10/h3,5-8H,1-2H3. The van der Waals surface area contributed by atoms with Gasteiger partial charge in [-0.05, 0) is 25.5 Å². The predicted molar refractivity (Wildman–Crippen MR) is 43.8 cm³/mol. The molecule has 0 amide bonds. The summed E-state index contributed by atoms with van der Waals surface area (Å²) in [4.78, 5) is 0. The topological polar surface area (TPSA) is 0 Å². The van der Waals surface area contributed by atoms with Gasteiger partial charge in [0.1, 0.15) is 0 Å². The third-order valence-electron chi connectivity index (χ3n) is 1.36. The van der Waals surface area contributed by atoms with Crippen LogP contribution in [0.1, 0.15) is 18.1 Å². The molecule has 0 saturated heterocycles. The van der Waals surface area contributed by atoms with Crippen LogP contribution in [0.5, 0.6) is 0 Å². The molecule has 51 valence electrons. The summed E-state index contributed by atoms with van der Waals surface area (Å²) >= 11 is 0. The molecule has 0 unspecified atom stereocenters. The minimum Gasteiger partial charge on any atom is -0.0792 e. The second kappa shape index (κ2) is 3.21. The first-order chi connectivity index (χ1) is 4.83. The molecule has 0 N–H and O–H groups in total. The minimum atomic E-state index is 1.15. The molecule has 0 fully saturated rings. The number of aryl methyl sites for hydroxylation is 1. The van der Waals surface area contributed by atoms with Crippen molar-refractivity contribution >= 4 is 0 Å². The Labute approximate surface area is 62.2 Å². The Hall–Kier alpha value is -1.04. The zero-order chi connectivity index (χ0) is 7.40. The summed E-state index contributed by atoms with van der Waals surface area (Å²) in [5.74, 6) is 0. The number of hydrogen-bond acceptors (Lipinski definition) is 0. The van der Waals surface area contributed by atoms with Gasteiger partial charge < -0.3 is 0 Å². The fraction of sp³-hybridized carbons (Fsp3) is 0.200. The highest BCUT2D eigenvalue weighted by atomic mass is 13.9. The number of rotatable bonds is 1. The second-order valence-electron chi connectivity index (χ2n) is 2.30. The number of hydrogen-bond donors (Lipinski definition) is 0. The Balaban J connectivity index is 2.89. The van der Waals surface area contributed by atoms with Crippen LogP contribution in [0.2, 0.25) is 0 Å². The predicted octanol–water partition coefficient (Wildman–Crippen LogP) is 2.72. The maximum absolute atomic E-state index is 3.11. The van der Waals surface area contributed by atoms with E-state index >= 15 is 0 Å². The fourth-order valence-electron chi connectivity index (χ4n) is 0.816. The molecule has 0 aromatic heterocycles. The first-order valence-electron chi connectivity index (χ1n) is 3.44. The largest absolute Gasteiger partial charge is 0.0792 e. The Morgan fingerprint density at radius 2 is 1.80 bits per heavy atom. The van der Waals surface area contributed by atoms with Gasteiger partial charge in [0.2, 0.25) is 0 Å². The fourth-order valence-corrected chi connectivity index (χ4v) is 0.816. The average Bonchev–Trinajstić information content (AvgIpc) is 1.95. The van der Waals surface area contributed by atoms with E-state index in [-0.39, 0.29) is 0 Å². The van der Waals surface area contributed by atoms with Crippen LogP contribution in [0.25, 0.3) is 0 Å². The van der Waals surface area contributed by atoms with Crippen LogP contribution in [0.15, 0.2) is 30.3 Å². The van der Waals surface area contributed by atoms with E-state index in [1.165, 1.54) is 5.56 Å². The van der Waals surface area contributed by atoms with Gasteiger partial charge in [-0.1, -0.05) is 35.9 Å². The summed E-state index contributed by atoms with van der Waals surface area (Å²) in [6.45, 7) is 4.05. The van der Waals surface area contributed by atoms with Crippen LogP contribution in [0.3, 0.4) is 0 Å². The highest BCUT2D eigenvalue weighted by Gasteiger charge is 1.83. The van der Waals surface area contributed by atoms with Crippen LogP contribution >= 0.6 is 0 Å². The van der Waals surface area contributed by atoms with E-state index in [1.807, 2.05) is 13.0 Å². The van der Waals surface area contributed by atoms with Crippen LogP contribution < -0.4 is 0 Å². The maximum Gasteiger partial charge on any atom is -0.0151 e. The maximum atomic E-state index is 3.11. The van der Waals surface area contributed by atoms with Gasteiger partial charge in [-0.2, -0.15) is 0 Å². The summed E-state index contributed by atoms with van der Waals surface area (Å²) in [6.07, 6.45) is 5.03. The highest BCUT2D eigenvalue weighted by molar-refractivity contribution is 5.25. The molecule has 0 bridgehead atoms. The van der Waals surface area contributed by atoms with E-state index < -0.39 is 0 Å². The second-order valence-corrected chi connectivity index (χ2v) is 2.30. The van der Waals surface area contributed by atoms with Gasteiger partial charge in [0, 0.05) is 0 Å². The Bertz CT molecular complexity index is 216. The highest BCUT2D eigenvalue weighted by Crippen LogP contribution is 2.02. The van der Waals surface area contributed by atoms with Crippen molar-refractivity contribution < 1.29 is 0 Å². The van der Waals surface area contributed by atoms with Crippen molar-refractivity contribution in [2.45, 2.75) is 13.8 Å². The van der Waals surface area contributed by atoms with Crippen LogP contribution in [-0.2, 0) is 0 Å². The lowest BCUT2D eigenvalue weighted by Gasteiger charge is -1.91. The third-order valence-corrected chi connectivity index (χ3v) is 1.36. The normalized spacial score (nSPS) is 10.6. The van der Waals surface area contributed by atoms with Crippen molar-refractivity contribution in [3.05, 3.63) is 47.5 Å². The smallest absolute Gasteiger partial charge is 0.0151 e. The van der Waals surface area contributed by atoms with Gasteiger partial charge in [-0.25, -0.2) is 0 Å². The van der Waals surface area contributed by atoms with E-state index in [1.54, 1.807) is 0 Å². The number of allylic oxidation sites excluding steroid dienone is 1. The molecule has 1 aromatic carbocycles. The van der Waals surface area contributed by atoms with Gasteiger partial charge in [0.25, 0.3) is 0 Å². The number of benzene rings is 1. The first-order valence-corrected chi connectivity index (χ1v) is 3.44. The van der Waals surface area contributed by atoms with Gasteiger partial charge >= 0.3 is 0 Å². The van der Waals surface area contributed by atoms with Crippen molar-refractivity contribution in [1.82, 2.24) is 0 Å². The summed E-state index contributed by atoms with van der Waals surface area (Å²) in [5, 5.41) is 0. The monoisotopic (exact) mass is 131 g/mol. The quantitative estimate of drug-likeness (QED) is 0.549. The first kappa shape index (κ1) is 7.07. The van der Waals surface area contributed by atoms with Crippen molar-refractivity contribution in [2.75, 3.05) is 0 Å². The summed E-state index contributed by atoms with van der Waals surface area (Å²) in [5.41, 5.74) is 2.44. The van der Waals surface area contributed by atoms with E-state index in [0.717, 1.165) is 5.56 Å². The van der Waals surface area contributed by atoms with E-state index in [9.17, 15) is 0 Å². The van der Waals surface area contributed by atoms with Crippen LogP contribution in [0, 0.1) is 13.0 Å². The SMILES string of the molecule is CC=[C]c1ccc(C)cc1. The summed E-state index contributed by atoms with van der Waals surface area (Å²) < 4.78 is 0. The molecule has 10 heavy (non-hydrogen) atoms. The Morgan fingerprint density at radius 1 is 1.20 bits per heavy atom. The molecule has 1 aromatic rings. The molecule has 1 rings (SSSR count). The third kappa shape index (κ3) is 1.73. The molecule has 1 radical (unpaired) electrons. The summed E-state index contributed by atoms with van der Waals surface area (Å²) in [7, 11) is 0. The van der Waals surface area contributed by atoms with E-state index in [0.29, 0.717) is 0 Å². The van der Waals surface area contributed by atoms with Crippen LogP contribution in [0.4, 0.5) is 0 Å². The van der Waals surface area contributed by atoms with Gasteiger partial charge in [0.15, 0.2) is 0 Å². The zero-order valence-corrected chi connectivity index (χ0v) is 6.39. The van der Waals surface area contributed by atoms with Gasteiger partial charge in [0.05, 0.1) is 0 Å². The lowest BCUT2D eigenvalue weighted by Crippen LogP contribution is -1.73. The van der Waals surface area contributed by atoms with Gasteiger partial charge in [-0.3, -0.25) is 0 Å². The molecular weight excluding hydrogens is 120 g/mol. The molecule has 0 aliphatic rings. The average molecular weight is 131 g/mol. The molecular formula is C10H11. The van der Waals surface area contributed by atoms with Crippen molar-refractivity contribution in [3.63, 3.8) is 0 Å². The Morgan fingerprint density at radius 3 is 2.30 bits per heavy atom. The van der Waals surface area contributed by atoms with Crippen LogP contribution in [-0.4, -0.2) is 0 Å². The van der Waals surface area contributed by atoms with Crippen molar-refractivity contribution in [1.29, 1.82) is 0 Å². The molecule has 0 aliphatic carbocycles. The van der Waals surface area contributed by atoms with E-state index in [4.69, 9.17) is 0 Å². The molecule has 0 nitrogen and oxygen atoms in total.